The Morgan fingerprint density at radius 3 is 2.52 bits per heavy atom. The average molecular weight is 329 g/mol. The summed E-state index contributed by atoms with van der Waals surface area (Å²) in [6.07, 6.45) is 6.70. The number of nitrogens with zero attached hydrogens (tertiary/aromatic N) is 5. The van der Waals surface area contributed by atoms with Crippen molar-refractivity contribution in [3.63, 3.8) is 0 Å². The zero-order valence-electron chi connectivity index (χ0n) is 13.6. The molecule has 0 saturated carbocycles. The van der Waals surface area contributed by atoms with Crippen LogP contribution in [0.1, 0.15) is 42.3 Å². The number of hydrogen-bond donors (Lipinski definition) is 0. The van der Waals surface area contributed by atoms with Crippen molar-refractivity contribution in [1.82, 2.24) is 15.0 Å². The Bertz CT molecular complexity index is 665. The quantitative estimate of drug-likeness (QED) is 0.865. The van der Waals surface area contributed by atoms with E-state index in [9.17, 15) is 0 Å². The molecule has 0 spiro atoms. The van der Waals surface area contributed by atoms with Crippen molar-refractivity contribution < 1.29 is 0 Å². The number of aryl methyl sites for hydroxylation is 1. The van der Waals surface area contributed by atoms with Crippen LogP contribution in [0.4, 0.5) is 11.6 Å². The molecule has 0 amide bonds. The summed E-state index contributed by atoms with van der Waals surface area (Å²) in [5, 5.41) is 3.44. The first-order valence-corrected chi connectivity index (χ1v) is 9.41. The lowest BCUT2D eigenvalue weighted by Crippen LogP contribution is -2.35. The van der Waals surface area contributed by atoms with Crippen molar-refractivity contribution in [2.24, 2.45) is 0 Å². The maximum absolute atomic E-state index is 4.69. The third-order valence-corrected chi connectivity index (χ3v) is 5.92. The second-order valence-corrected chi connectivity index (χ2v) is 7.43. The van der Waals surface area contributed by atoms with Crippen LogP contribution < -0.4 is 9.80 Å². The Balaban J connectivity index is 1.52. The second-order valence-electron chi connectivity index (χ2n) is 6.54. The maximum atomic E-state index is 4.69. The normalized spacial score (nSPS) is 21.9. The van der Waals surface area contributed by atoms with Crippen molar-refractivity contribution in [3.05, 3.63) is 28.5 Å². The summed E-state index contributed by atoms with van der Waals surface area (Å²) < 4.78 is 0. The van der Waals surface area contributed by atoms with Crippen LogP contribution in [0, 0.1) is 6.92 Å². The summed E-state index contributed by atoms with van der Waals surface area (Å²) in [5.74, 6) is 2.69. The topological polar surface area (TPSA) is 45.2 Å². The number of hydrogen-bond acceptors (Lipinski definition) is 6. The van der Waals surface area contributed by atoms with Crippen molar-refractivity contribution in [3.8, 4) is 0 Å². The van der Waals surface area contributed by atoms with Crippen LogP contribution in [0.25, 0.3) is 0 Å². The van der Waals surface area contributed by atoms with Gasteiger partial charge in [-0.1, -0.05) is 0 Å². The van der Waals surface area contributed by atoms with Crippen LogP contribution in [0.2, 0.25) is 0 Å². The highest BCUT2D eigenvalue weighted by Crippen LogP contribution is 2.31. The summed E-state index contributed by atoms with van der Waals surface area (Å²) >= 11 is 1.80. The highest BCUT2D eigenvalue weighted by atomic mass is 32.1. The number of thiazole rings is 1. The van der Waals surface area contributed by atoms with Gasteiger partial charge in [0.25, 0.3) is 0 Å². The minimum atomic E-state index is 0.535. The van der Waals surface area contributed by atoms with Crippen molar-refractivity contribution in [2.75, 3.05) is 36.0 Å². The van der Waals surface area contributed by atoms with E-state index in [2.05, 4.69) is 38.1 Å². The molecule has 4 heterocycles. The highest BCUT2D eigenvalue weighted by molar-refractivity contribution is 7.09. The summed E-state index contributed by atoms with van der Waals surface area (Å²) in [5.41, 5.74) is 1.14. The third kappa shape index (κ3) is 3.17. The molecule has 0 aliphatic carbocycles. The monoisotopic (exact) mass is 329 g/mol. The molecule has 1 unspecified atom stereocenters. The molecule has 0 N–H and O–H groups in total. The van der Waals surface area contributed by atoms with E-state index >= 15 is 0 Å². The first-order chi connectivity index (χ1) is 11.3. The van der Waals surface area contributed by atoms with Gasteiger partial charge in [0.15, 0.2) is 0 Å². The molecule has 2 aliphatic heterocycles. The highest BCUT2D eigenvalue weighted by Gasteiger charge is 2.25. The zero-order valence-corrected chi connectivity index (χ0v) is 14.4. The van der Waals surface area contributed by atoms with Crippen molar-refractivity contribution in [1.29, 1.82) is 0 Å². The Labute approximate surface area is 141 Å². The molecule has 4 rings (SSSR count). The molecule has 1 atom stereocenters. The molecule has 122 valence electrons. The molecule has 23 heavy (non-hydrogen) atoms. The van der Waals surface area contributed by atoms with Gasteiger partial charge in [-0.15, -0.1) is 11.3 Å². The van der Waals surface area contributed by atoms with Gasteiger partial charge < -0.3 is 9.80 Å². The largest absolute Gasteiger partial charge is 0.356 e. The minimum absolute atomic E-state index is 0.535. The Morgan fingerprint density at radius 1 is 1.04 bits per heavy atom. The lowest BCUT2D eigenvalue weighted by Gasteiger charge is -2.33. The van der Waals surface area contributed by atoms with E-state index in [1.54, 1.807) is 17.7 Å². The van der Waals surface area contributed by atoms with E-state index in [0.29, 0.717) is 5.92 Å². The third-order valence-electron chi connectivity index (χ3n) is 4.80. The van der Waals surface area contributed by atoms with E-state index < -0.39 is 0 Å². The van der Waals surface area contributed by atoms with Gasteiger partial charge in [-0.3, -0.25) is 0 Å². The lowest BCUT2D eigenvalue weighted by molar-refractivity contribution is 0.505. The zero-order chi connectivity index (χ0) is 15.6. The van der Waals surface area contributed by atoms with Gasteiger partial charge >= 0.3 is 0 Å². The fraction of sp³-hybridized carbons (Fsp3) is 0.588. The first-order valence-electron chi connectivity index (χ1n) is 8.53. The fourth-order valence-corrected chi connectivity index (χ4v) is 4.50. The van der Waals surface area contributed by atoms with Crippen LogP contribution in [-0.2, 0) is 0 Å². The van der Waals surface area contributed by atoms with Crippen LogP contribution in [0.3, 0.4) is 0 Å². The molecule has 5 nitrogen and oxygen atoms in total. The standard InChI is InChI=1S/C17H23N5S/c1-13-11-23-17(20-13)14-5-4-8-22(10-14)16-9-15(18-12-19-16)21-6-2-3-7-21/h9,11-12,14H,2-8,10H2,1H3. The fourth-order valence-electron chi connectivity index (χ4n) is 3.58. The molecule has 0 aromatic carbocycles. The van der Waals surface area contributed by atoms with E-state index in [-0.39, 0.29) is 0 Å². The molecule has 0 radical (unpaired) electrons. The van der Waals surface area contributed by atoms with Crippen LogP contribution in [0.15, 0.2) is 17.8 Å². The molecule has 0 bridgehead atoms. The molecular weight excluding hydrogens is 306 g/mol. The Hall–Kier alpha value is -1.69. The SMILES string of the molecule is Cc1csc(C2CCCN(c3cc(N4CCCC4)ncn3)C2)n1. The molecule has 2 fully saturated rings. The van der Waals surface area contributed by atoms with Crippen LogP contribution in [-0.4, -0.2) is 41.1 Å². The molecule has 6 heteroatoms. The Morgan fingerprint density at radius 2 is 1.78 bits per heavy atom. The van der Waals surface area contributed by atoms with Gasteiger partial charge in [0.2, 0.25) is 0 Å². The Kier molecular flexibility index (Phi) is 4.16. The van der Waals surface area contributed by atoms with Gasteiger partial charge in [-0.25, -0.2) is 15.0 Å². The van der Waals surface area contributed by atoms with Crippen molar-refractivity contribution in [2.45, 2.75) is 38.5 Å². The van der Waals surface area contributed by atoms with E-state index in [0.717, 1.165) is 43.5 Å². The first kappa shape index (κ1) is 14.9. The smallest absolute Gasteiger partial charge is 0.134 e. The average Bonchev–Trinajstić information content (AvgIpc) is 3.27. The molecular formula is C17H23N5S. The second kappa shape index (κ2) is 6.43. The number of anilines is 2. The van der Waals surface area contributed by atoms with Gasteiger partial charge in [0, 0.05) is 49.2 Å². The summed E-state index contributed by atoms with van der Waals surface area (Å²) in [7, 11) is 0. The van der Waals surface area contributed by atoms with Gasteiger partial charge in [-0.05, 0) is 32.6 Å². The summed E-state index contributed by atoms with van der Waals surface area (Å²) in [6.45, 7) is 6.42. The van der Waals surface area contributed by atoms with Crippen LogP contribution >= 0.6 is 11.3 Å². The maximum Gasteiger partial charge on any atom is 0.134 e. The van der Waals surface area contributed by atoms with Gasteiger partial charge in [0.05, 0.1) is 5.01 Å². The molecule has 2 aromatic rings. The molecule has 2 aromatic heterocycles. The van der Waals surface area contributed by atoms with E-state index in [1.807, 2.05) is 0 Å². The number of piperidine rings is 1. The van der Waals surface area contributed by atoms with Gasteiger partial charge in [-0.2, -0.15) is 0 Å². The predicted octanol–water partition coefficient (Wildman–Crippen LogP) is 3.23. The lowest BCUT2D eigenvalue weighted by atomic mass is 9.99. The number of aromatic nitrogens is 3. The van der Waals surface area contributed by atoms with Crippen LogP contribution in [0.5, 0.6) is 0 Å². The summed E-state index contributed by atoms with van der Waals surface area (Å²) in [4.78, 5) is 18.5. The molecule has 2 aliphatic rings. The van der Waals surface area contributed by atoms with E-state index in [1.165, 1.54) is 30.7 Å². The van der Waals surface area contributed by atoms with Crippen molar-refractivity contribution >= 4 is 23.0 Å². The summed E-state index contributed by atoms with van der Waals surface area (Å²) in [6, 6.07) is 2.17. The van der Waals surface area contributed by atoms with E-state index in [4.69, 9.17) is 4.98 Å². The predicted molar refractivity (Wildman–Crippen MR) is 94.5 cm³/mol. The number of rotatable bonds is 3. The van der Waals surface area contributed by atoms with Gasteiger partial charge in [0.1, 0.15) is 18.0 Å². The minimum Gasteiger partial charge on any atom is -0.356 e. The molecule has 2 saturated heterocycles.